The molecule has 1 fully saturated rings. The highest BCUT2D eigenvalue weighted by atomic mass is 16.6. The molecule has 178 valence electrons. The minimum atomic E-state index is -3.19. The summed E-state index contributed by atoms with van der Waals surface area (Å²) in [6.45, 7) is -3.12. The van der Waals surface area contributed by atoms with Crippen LogP contribution in [0.15, 0.2) is 23.8 Å². The normalized spacial score (nSPS) is 38.4. The maximum atomic E-state index is 13.5. The number of carbonyl (C=O) groups is 3. The molecule has 0 aromatic carbocycles. The minimum Gasteiger partial charge on any atom is -0.481 e. The van der Waals surface area contributed by atoms with Crippen molar-refractivity contribution in [3.63, 3.8) is 0 Å². The van der Waals surface area contributed by atoms with Crippen LogP contribution in [0.1, 0.15) is 74.3 Å². The van der Waals surface area contributed by atoms with Gasteiger partial charge in [-0.2, -0.15) is 0 Å². The summed E-state index contributed by atoms with van der Waals surface area (Å²) < 4.78 is 58.6. The van der Waals surface area contributed by atoms with Crippen LogP contribution in [0.25, 0.3) is 0 Å². The summed E-state index contributed by atoms with van der Waals surface area (Å²) in [6.07, 6.45) is 3.42. The van der Waals surface area contributed by atoms with E-state index in [9.17, 15) is 24.6 Å². The van der Waals surface area contributed by atoms with E-state index in [4.69, 9.17) is 17.7 Å². The molecule has 0 bridgehead atoms. The number of carbonyl (C=O) groups excluding carboxylic acids is 2. The van der Waals surface area contributed by atoms with Crippen molar-refractivity contribution < 1.29 is 42.3 Å². The predicted octanol–water partition coefficient (Wildman–Crippen LogP) is 3.65. The number of aliphatic hydroxyl groups is 1. The summed E-state index contributed by atoms with van der Waals surface area (Å²) in [6, 6.07) is 0. The van der Waals surface area contributed by atoms with Crippen LogP contribution >= 0.6 is 0 Å². The number of allylic oxidation sites excluding steroid dienone is 2. The number of fused-ring (bicyclic) bond motifs is 1. The van der Waals surface area contributed by atoms with Crippen molar-refractivity contribution in [3.05, 3.63) is 23.8 Å². The number of aliphatic carboxylic acids is 1. The van der Waals surface area contributed by atoms with Gasteiger partial charge in [0.05, 0.1) is 23.9 Å². The number of ether oxygens (including phenoxy) is 2. The van der Waals surface area contributed by atoms with Crippen LogP contribution in [-0.4, -0.2) is 46.4 Å². The molecule has 0 saturated carbocycles. The van der Waals surface area contributed by atoms with Crippen molar-refractivity contribution in [2.45, 2.75) is 84.4 Å². The van der Waals surface area contributed by atoms with Gasteiger partial charge in [-0.25, -0.2) is 0 Å². The van der Waals surface area contributed by atoms with Gasteiger partial charge in [-0.15, -0.1) is 0 Å². The topological polar surface area (TPSA) is 110 Å². The third kappa shape index (κ3) is 5.42. The molecule has 1 heterocycles. The summed E-state index contributed by atoms with van der Waals surface area (Å²) >= 11 is 0. The molecule has 2 aliphatic carbocycles. The predicted molar refractivity (Wildman–Crippen MR) is 117 cm³/mol. The molecular formula is C25H36O7. The smallest absolute Gasteiger partial charge is 0.311 e. The van der Waals surface area contributed by atoms with Gasteiger partial charge in [0.25, 0.3) is 0 Å². The number of hydrogen-bond acceptors (Lipinski definition) is 6. The first kappa shape index (κ1) is 17.3. The standard InChI is InChI=1S/C25H36O7/c1-5-25(3,4)24(30)32-20-11-16(23(28)29)10-15-7-6-14(2)19(22(15)20)9-8-18-12-17(26)13-21(27)31-18/h6-7,10,14,16-20,22,26H,5,8-9,11-13H2,1-4H3,(H,28,29)/t14-,16-,17+,18+,19-,20-,22-/m0/s1/i3D3,4D3. The first-order valence-electron chi connectivity index (χ1n) is 14.2. The van der Waals surface area contributed by atoms with Crippen molar-refractivity contribution in [2.75, 3.05) is 0 Å². The second kappa shape index (κ2) is 9.77. The van der Waals surface area contributed by atoms with Gasteiger partial charge >= 0.3 is 17.9 Å². The average Bonchev–Trinajstić information content (AvgIpc) is 2.76. The van der Waals surface area contributed by atoms with Gasteiger partial charge in [0.1, 0.15) is 12.2 Å². The third-order valence-corrected chi connectivity index (χ3v) is 6.91. The number of rotatable bonds is 7. The molecule has 1 saturated heterocycles. The summed E-state index contributed by atoms with van der Waals surface area (Å²) in [4.78, 5) is 37.1. The molecule has 7 atom stereocenters. The lowest BCUT2D eigenvalue weighted by Gasteiger charge is -2.44. The van der Waals surface area contributed by atoms with Crippen molar-refractivity contribution in [1.82, 2.24) is 0 Å². The van der Waals surface area contributed by atoms with E-state index >= 15 is 0 Å². The van der Waals surface area contributed by atoms with Gasteiger partial charge < -0.3 is 19.7 Å². The molecule has 3 aliphatic rings. The lowest BCUT2D eigenvalue weighted by atomic mass is 9.65. The second-order valence-electron chi connectivity index (χ2n) is 9.24. The molecule has 0 radical (unpaired) electrons. The Morgan fingerprint density at radius 3 is 2.69 bits per heavy atom. The summed E-state index contributed by atoms with van der Waals surface area (Å²) in [7, 11) is 0. The average molecular weight is 455 g/mol. The minimum absolute atomic E-state index is 0.0508. The van der Waals surface area contributed by atoms with Gasteiger partial charge in [0, 0.05) is 27.0 Å². The fourth-order valence-corrected chi connectivity index (χ4v) is 4.98. The van der Waals surface area contributed by atoms with E-state index in [0.29, 0.717) is 24.8 Å². The highest BCUT2D eigenvalue weighted by Gasteiger charge is 2.45. The third-order valence-electron chi connectivity index (χ3n) is 6.91. The van der Waals surface area contributed by atoms with Crippen molar-refractivity contribution >= 4 is 17.9 Å². The Hall–Kier alpha value is -2.15. The van der Waals surface area contributed by atoms with Gasteiger partial charge in [-0.3, -0.25) is 14.4 Å². The Labute approximate surface area is 198 Å². The maximum absolute atomic E-state index is 13.5. The zero-order valence-corrected chi connectivity index (χ0v) is 18.5. The Bertz CT molecular complexity index is 972. The fraction of sp³-hybridized carbons (Fsp3) is 0.720. The first-order valence-corrected chi connectivity index (χ1v) is 11.2. The van der Waals surface area contributed by atoms with Crippen LogP contribution in [-0.2, 0) is 23.9 Å². The van der Waals surface area contributed by atoms with E-state index in [-0.39, 0.29) is 24.7 Å². The zero-order valence-electron chi connectivity index (χ0n) is 24.5. The van der Waals surface area contributed by atoms with Crippen LogP contribution in [0.5, 0.6) is 0 Å². The van der Waals surface area contributed by atoms with Gasteiger partial charge in [0.2, 0.25) is 0 Å². The molecule has 0 amide bonds. The molecule has 7 nitrogen and oxygen atoms in total. The van der Waals surface area contributed by atoms with Crippen LogP contribution < -0.4 is 0 Å². The summed E-state index contributed by atoms with van der Waals surface area (Å²) in [5, 5.41) is 19.7. The molecule has 0 aromatic rings. The lowest BCUT2D eigenvalue weighted by Crippen LogP contribution is -2.44. The zero-order chi connectivity index (χ0) is 28.6. The molecular weight excluding hydrogens is 412 g/mol. The molecule has 0 unspecified atom stereocenters. The molecule has 1 aliphatic heterocycles. The summed E-state index contributed by atoms with van der Waals surface area (Å²) in [5.41, 5.74) is -2.15. The van der Waals surface area contributed by atoms with Gasteiger partial charge in [-0.05, 0) is 50.4 Å². The van der Waals surface area contributed by atoms with E-state index in [0.717, 1.165) is 0 Å². The number of carboxylic acid groups (broad SMARTS) is 1. The Morgan fingerprint density at radius 1 is 1.31 bits per heavy atom. The Kier molecular flexibility index (Phi) is 5.30. The number of cyclic esters (lactones) is 1. The SMILES string of the molecule is [2H]C([2H])([2H])C(CC)(C(=O)O[C@H]1C[C@@H](C(=O)O)C=C2C=C[C@H](C)[C@H](CC[C@@H]3C[C@@H](O)CC(=O)O3)[C@H]21)C([2H])([2H])[2H]. The number of carboxylic acids is 1. The van der Waals surface area contributed by atoms with Crippen LogP contribution in [0.2, 0.25) is 0 Å². The van der Waals surface area contributed by atoms with Gasteiger partial charge in [0.15, 0.2) is 0 Å². The molecule has 7 heteroatoms. The van der Waals surface area contributed by atoms with Crippen LogP contribution in [0.3, 0.4) is 0 Å². The van der Waals surface area contributed by atoms with Crippen LogP contribution in [0, 0.1) is 29.1 Å². The largest absolute Gasteiger partial charge is 0.481 e. The highest BCUT2D eigenvalue weighted by Crippen LogP contribution is 2.45. The Balaban J connectivity index is 1.94. The first-order chi connectivity index (χ1) is 17.5. The lowest BCUT2D eigenvalue weighted by molar-refractivity contribution is -0.167. The van der Waals surface area contributed by atoms with E-state index in [2.05, 4.69) is 0 Å². The van der Waals surface area contributed by atoms with E-state index in [1.54, 1.807) is 12.2 Å². The molecule has 32 heavy (non-hydrogen) atoms. The molecule has 0 aromatic heterocycles. The maximum Gasteiger partial charge on any atom is 0.311 e. The second-order valence-corrected chi connectivity index (χ2v) is 9.24. The number of hydrogen-bond donors (Lipinski definition) is 2. The van der Waals surface area contributed by atoms with Crippen molar-refractivity contribution in [1.29, 1.82) is 0 Å². The van der Waals surface area contributed by atoms with Gasteiger partial charge in [-0.1, -0.05) is 32.1 Å². The quantitative estimate of drug-likeness (QED) is 0.565. The van der Waals surface area contributed by atoms with Crippen molar-refractivity contribution in [3.8, 4) is 0 Å². The summed E-state index contributed by atoms with van der Waals surface area (Å²) in [5.74, 6) is -4.79. The molecule has 0 spiro atoms. The van der Waals surface area contributed by atoms with E-state index in [1.165, 1.54) is 6.92 Å². The Morgan fingerprint density at radius 2 is 2.06 bits per heavy atom. The number of esters is 2. The van der Waals surface area contributed by atoms with E-state index < -0.39 is 73.6 Å². The van der Waals surface area contributed by atoms with Crippen molar-refractivity contribution in [2.24, 2.45) is 29.1 Å². The molecule has 2 N–H and O–H groups in total. The monoisotopic (exact) mass is 454 g/mol. The molecule has 3 rings (SSSR count). The highest BCUT2D eigenvalue weighted by molar-refractivity contribution is 5.77. The van der Waals surface area contributed by atoms with E-state index in [1.807, 2.05) is 13.0 Å². The fourth-order valence-electron chi connectivity index (χ4n) is 4.98. The number of aliphatic hydroxyl groups excluding tert-OH is 1. The van der Waals surface area contributed by atoms with Crippen LogP contribution in [0.4, 0.5) is 0 Å².